The Labute approximate surface area is 80.7 Å². The molecule has 1 aliphatic rings. The molecule has 1 unspecified atom stereocenters. The molecule has 0 amide bonds. The van der Waals surface area contributed by atoms with Crippen molar-refractivity contribution in [3.63, 3.8) is 0 Å². The number of rotatable bonds is 1. The molecule has 0 N–H and O–H groups in total. The lowest BCUT2D eigenvalue weighted by atomic mass is 10.0. The maximum atomic E-state index is 10.9. The molecule has 1 atom stereocenters. The standard InChI is InChI=1S/C10H20N2O/c1-10(2,3)12-6-5-11(4)7-9(12)8-13/h8-9H,5-7H2,1-4H3. The van der Waals surface area contributed by atoms with Crippen molar-refractivity contribution in [1.82, 2.24) is 9.80 Å². The SMILES string of the molecule is CN1CCN(C(C)(C)C)C(C=O)C1. The monoisotopic (exact) mass is 184 g/mol. The molecule has 0 aromatic carbocycles. The van der Waals surface area contributed by atoms with E-state index in [-0.39, 0.29) is 11.6 Å². The largest absolute Gasteiger partial charge is 0.303 e. The second-order valence-electron chi connectivity index (χ2n) is 4.83. The molecule has 76 valence electrons. The summed E-state index contributed by atoms with van der Waals surface area (Å²) in [6, 6.07) is 0.0683. The highest BCUT2D eigenvalue weighted by atomic mass is 16.1. The van der Waals surface area contributed by atoms with Gasteiger partial charge in [-0.2, -0.15) is 0 Å². The van der Waals surface area contributed by atoms with Gasteiger partial charge in [-0.1, -0.05) is 0 Å². The van der Waals surface area contributed by atoms with Crippen molar-refractivity contribution in [2.24, 2.45) is 0 Å². The minimum absolute atomic E-state index is 0.0683. The van der Waals surface area contributed by atoms with Gasteiger partial charge in [0.2, 0.25) is 0 Å². The highest BCUT2D eigenvalue weighted by Crippen LogP contribution is 2.19. The molecule has 1 heterocycles. The number of carbonyl (C=O) groups excluding carboxylic acids is 1. The third-order valence-electron chi connectivity index (χ3n) is 2.64. The van der Waals surface area contributed by atoms with Crippen molar-refractivity contribution in [1.29, 1.82) is 0 Å². The summed E-state index contributed by atoms with van der Waals surface area (Å²) < 4.78 is 0. The van der Waals surface area contributed by atoms with Crippen molar-refractivity contribution < 1.29 is 4.79 Å². The molecule has 0 bridgehead atoms. The molecule has 0 saturated carbocycles. The summed E-state index contributed by atoms with van der Waals surface area (Å²) in [6.07, 6.45) is 1.07. The van der Waals surface area contributed by atoms with Crippen LogP contribution in [0.25, 0.3) is 0 Å². The average molecular weight is 184 g/mol. The Bertz CT molecular complexity index is 186. The molecular weight excluding hydrogens is 164 g/mol. The molecule has 0 aliphatic carbocycles. The molecule has 0 aromatic heterocycles. The van der Waals surface area contributed by atoms with Crippen molar-refractivity contribution in [2.75, 3.05) is 26.7 Å². The predicted octanol–water partition coefficient (Wildman–Crippen LogP) is 0.600. The predicted molar refractivity (Wildman–Crippen MR) is 53.8 cm³/mol. The fraction of sp³-hybridized carbons (Fsp3) is 0.900. The first-order valence-corrected chi connectivity index (χ1v) is 4.85. The van der Waals surface area contributed by atoms with Gasteiger partial charge in [0.05, 0.1) is 6.04 Å². The molecule has 1 fully saturated rings. The highest BCUT2D eigenvalue weighted by molar-refractivity contribution is 5.58. The lowest BCUT2D eigenvalue weighted by Crippen LogP contribution is -2.59. The first-order valence-electron chi connectivity index (χ1n) is 4.85. The number of nitrogens with zero attached hydrogens (tertiary/aromatic N) is 2. The average Bonchev–Trinajstić information content (AvgIpc) is 2.01. The van der Waals surface area contributed by atoms with Gasteiger partial charge in [-0.3, -0.25) is 4.90 Å². The van der Waals surface area contributed by atoms with Gasteiger partial charge in [-0.15, -0.1) is 0 Å². The van der Waals surface area contributed by atoms with Gasteiger partial charge in [0.15, 0.2) is 0 Å². The second-order valence-corrected chi connectivity index (χ2v) is 4.83. The molecule has 0 aromatic rings. The smallest absolute Gasteiger partial charge is 0.138 e. The van der Waals surface area contributed by atoms with Gasteiger partial charge in [-0.25, -0.2) is 0 Å². The molecule has 3 heteroatoms. The maximum absolute atomic E-state index is 10.9. The van der Waals surface area contributed by atoms with Crippen LogP contribution in [0.3, 0.4) is 0 Å². The van der Waals surface area contributed by atoms with Crippen LogP contribution in [0.1, 0.15) is 20.8 Å². The molecule has 1 aliphatic heterocycles. The van der Waals surface area contributed by atoms with E-state index in [1.54, 1.807) is 0 Å². The summed E-state index contributed by atoms with van der Waals surface area (Å²) in [5, 5.41) is 0. The summed E-state index contributed by atoms with van der Waals surface area (Å²) in [6.45, 7) is 9.39. The van der Waals surface area contributed by atoms with Crippen molar-refractivity contribution >= 4 is 6.29 Å². The molecular formula is C10H20N2O. The van der Waals surface area contributed by atoms with E-state index in [0.717, 1.165) is 25.9 Å². The van der Waals surface area contributed by atoms with Gasteiger partial charge < -0.3 is 9.69 Å². The highest BCUT2D eigenvalue weighted by Gasteiger charge is 2.32. The Morgan fingerprint density at radius 3 is 2.38 bits per heavy atom. The Morgan fingerprint density at radius 2 is 1.92 bits per heavy atom. The van der Waals surface area contributed by atoms with E-state index in [2.05, 4.69) is 37.6 Å². The summed E-state index contributed by atoms with van der Waals surface area (Å²) in [5.74, 6) is 0. The fourth-order valence-corrected chi connectivity index (χ4v) is 1.90. The van der Waals surface area contributed by atoms with Crippen molar-refractivity contribution in [3.05, 3.63) is 0 Å². The Morgan fingerprint density at radius 1 is 1.31 bits per heavy atom. The van der Waals surface area contributed by atoms with E-state index in [1.165, 1.54) is 0 Å². The number of piperazine rings is 1. The van der Waals surface area contributed by atoms with E-state index >= 15 is 0 Å². The first kappa shape index (κ1) is 10.7. The number of likely N-dealkylation sites (N-methyl/N-ethyl adjacent to an activating group) is 1. The summed E-state index contributed by atoms with van der Waals surface area (Å²) in [7, 11) is 2.07. The van der Waals surface area contributed by atoms with E-state index in [0.29, 0.717) is 0 Å². The molecule has 3 nitrogen and oxygen atoms in total. The number of carbonyl (C=O) groups is 1. The van der Waals surface area contributed by atoms with E-state index in [1.807, 2.05) is 0 Å². The van der Waals surface area contributed by atoms with Crippen LogP contribution in [0.15, 0.2) is 0 Å². The van der Waals surface area contributed by atoms with Crippen LogP contribution in [0.2, 0.25) is 0 Å². The van der Waals surface area contributed by atoms with Crippen LogP contribution < -0.4 is 0 Å². The quantitative estimate of drug-likeness (QED) is 0.558. The van der Waals surface area contributed by atoms with Crippen LogP contribution in [-0.2, 0) is 4.79 Å². The third-order valence-corrected chi connectivity index (χ3v) is 2.64. The Kier molecular flexibility index (Phi) is 3.09. The zero-order valence-electron chi connectivity index (χ0n) is 9.08. The van der Waals surface area contributed by atoms with Gasteiger partial charge in [-0.05, 0) is 27.8 Å². The minimum atomic E-state index is 0.0683. The fourth-order valence-electron chi connectivity index (χ4n) is 1.90. The van der Waals surface area contributed by atoms with Crippen LogP contribution >= 0.6 is 0 Å². The zero-order chi connectivity index (χ0) is 10.1. The van der Waals surface area contributed by atoms with E-state index < -0.39 is 0 Å². The van der Waals surface area contributed by atoms with Gasteiger partial charge in [0.25, 0.3) is 0 Å². The maximum Gasteiger partial charge on any atom is 0.138 e. The van der Waals surface area contributed by atoms with Crippen LogP contribution in [0.4, 0.5) is 0 Å². The second kappa shape index (κ2) is 3.76. The van der Waals surface area contributed by atoms with E-state index in [4.69, 9.17) is 0 Å². The molecule has 1 rings (SSSR count). The van der Waals surface area contributed by atoms with Crippen molar-refractivity contribution in [2.45, 2.75) is 32.4 Å². The summed E-state index contributed by atoms with van der Waals surface area (Å²) >= 11 is 0. The number of hydrogen-bond acceptors (Lipinski definition) is 3. The van der Waals surface area contributed by atoms with Crippen LogP contribution in [0, 0.1) is 0 Å². The summed E-state index contributed by atoms with van der Waals surface area (Å²) in [4.78, 5) is 15.4. The van der Waals surface area contributed by atoms with Crippen LogP contribution in [0.5, 0.6) is 0 Å². The number of aldehydes is 1. The minimum Gasteiger partial charge on any atom is -0.303 e. The van der Waals surface area contributed by atoms with Crippen LogP contribution in [-0.4, -0.2) is 54.3 Å². The lowest BCUT2D eigenvalue weighted by molar-refractivity contribution is -0.117. The molecule has 0 radical (unpaired) electrons. The Hall–Kier alpha value is -0.410. The first-order chi connectivity index (χ1) is 5.95. The Balaban J connectivity index is 2.68. The van der Waals surface area contributed by atoms with Gasteiger partial charge in [0.1, 0.15) is 6.29 Å². The molecule has 13 heavy (non-hydrogen) atoms. The zero-order valence-corrected chi connectivity index (χ0v) is 9.08. The third kappa shape index (κ3) is 2.51. The normalized spacial score (nSPS) is 27.5. The van der Waals surface area contributed by atoms with Gasteiger partial charge in [0, 0.05) is 25.2 Å². The van der Waals surface area contributed by atoms with Gasteiger partial charge >= 0.3 is 0 Å². The lowest BCUT2D eigenvalue weighted by Gasteiger charge is -2.45. The topological polar surface area (TPSA) is 23.6 Å². The molecule has 0 spiro atoms. The molecule has 1 saturated heterocycles. The van der Waals surface area contributed by atoms with Crippen molar-refractivity contribution in [3.8, 4) is 0 Å². The van der Waals surface area contributed by atoms with E-state index in [9.17, 15) is 4.79 Å². The number of hydrogen-bond donors (Lipinski definition) is 0. The summed E-state index contributed by atoms with van der Waals surface area (Å²) in [5.41, 5.74) is 0.104.